The van der Waals surface area contributed by atoms with Crippen molar-refractivity contribution < 1.29 is 4.79 Å². The number of aromatic nitrogens is 2. The normalized spacial score (nSPS) is 20.3. The molecule has 1 aromatic heterocycles. The minimum Gasteiger partial charge on any atom is -0.364 e. The van der Waals surface area contributed by atoms with Crippen LogP contribution in [0.5, 0.6) is 0 Å². The van der Waals surface area contributed by atoms with E-state index in [1.54, 1.807) is 18.2 Å². The monoisotopic (exact) mass is 355 g/mol. The molecule has 0 unspecified atom stereocenters. The summed E-state index contributed by atoms with van der Waals surface area (Å²) in [5.41, 5.74) is 0.550. The number of amides is 1. The van der Waals surface area contributed by atoms with Crippen LogP contribution in [0.25, 0.3) is 10.8 Å². The Bertz CT molecular complexity index is 874. The first kappa shape index (κ1) is 16.1. The Hall–Kier alpha value is -2.39. The zero-order chi connectivity index (χ0) is 17.4. The molecule has 4 rings (SSSR count). The third kappa shape index (κ3) is 3.24. The largest absolute Gasteiger partial charge is 0.364 e. The maximum Gasteiger partial charge on any atom is 0.225 e. The van der Waals surface area contributed by atoms with Gasteiger partial charge < -0.3 is 10.2 Å². The highest BCUT2D eigenvalue weighted by Gasteiger charge is 2.35. The van der Waals surface area contributed by atoms with Gasteiger partial charge >= 0.3 is 0 Å². The van der Waals surface area contributed by atoms with E-state index in [1.165, 1.54) is 0 Å². The molecule has 25 heavy (non-hydrogen) atoms. The van der Waals surface area contributed by atoms with E-state index < -0.39 is 0 Å². The fourth-order valence-electron chi connectivity index (χ4n) is 3.37. The highest BCUT2D eigenvalue weighted by molar-refractivity contribution is 6.34. The van der Waals surface area contributed by atoms with Gasteiger partial charge in [0.25, 0.3) is 0 Å². The molecule has 1 N–H and O–H groups in total. The summed E-state index contributed by atoms with van der Waals surface area (Å²) in [6.07, 6.45) is 3.99. The zero-order valence-electron chi connectivity index (χ0n) is 13.7. The Balaban J connectivity index is 1.58. The summed E-state index contributed by atoms with van der Waals surface area (Å²) in [6, 6.07) is 7.55. The fourth-order valence-corrected chi connectivity index (χ4v) is 3.58. The molecule has 1 amide bonds. The van der Waals surface area contributed by atoms with Crippen molar-refractivity contribution >= 4 is 34.1 Å². The number of carbonyl (C=O) groups excluding carboxylic acids is 1. The van der Waals surface area contributed by atoms with Gasteiger partial charge in [-0.1, -0.05) is 11.6 Å². The van der Waals surface area contributed by atoms with E-state index in [2.05, 4.69) is 21.6 Å². The second-order valence-electron chi connectivity index (χ2n) is 6.75. The minimum absolute atomic E-state index is 0.126. The Labute approximate surface area is 150 Å². The number of nitriles is 1. The van der Waals surface area contributed by atoms with Crippen LogP contribution in [0.1, 0.15) is 31.2 Å². The van der Waals surface area contributed by atoms with Crippen molar-refractivity contribution in [1.82, 2.24) is 15.1 Å². The van der Waals surface area contributed by atoms with Crippen LogP contribution in [-0.4, -0.2) is 40.1 Å². The standard InChI is InChI=1S/C18H18ClN5O/c19-16-14-6-3-11(9-20)8-15(14)17(23-22-16)21-13-2-1-7-24(10-13)18(25)12-4-5-12/h3,6,8,12-13H,1-2,4-5,7,10H2,(H,21,23)/t13-/m1/s1. The van der Waals surface area contributed by atoms with Gasteiger partial charge in [-0.25, -0.2) is 0 Å². The van der Waals surface area contributed by atoms with Crippen molar-refractivity contribution in [1.29, 1.82) is 5.26 Å². The summed E-state index contributed by atoms with van der Waals surface area (Å²) in [5.74, 6) is 1.14. The van der Waals surface area contributed by atoms with Crippen molar-refractivity contribution in [2.24, 2.45) is 5.92 Å². The number of rotatable bonds is 3. The molecule has 1 atom stereocenters. The molecule has 1 saturated carbocycles. The van der Waals surface area contributed by atoms with E-state index in [-0.39, 0.29) is 17.9 Å². The zero-order valence-corrected chi connectivity index (χ0v) is 14.5. The molecule has 2 aliphatic rings. The first-order valence-corrected chi connectivity index (χ1v) is 8.95. The number of fused-ring (bicyclic) bond motifs is 1. The van der Waals surface area contributed by atoms with Crippen LogP contribution in [0, 0.1) is 17.2 Å². The van der Waals surface area contributed by atoms with E-state index >= 15 is 0 Å². The maximum absolute atomic E-state index is 12.3. The third-order valence-electron chi connectivity index (χ3n) is 4.86. The van der Waals surface area contributed by atoms with Crippen molar-refractivity contribution in [3.63, 3.8) is 0 Å². The summed E-state index contributed by atoms with van der Waals surface area (Å²) in [4.78, 5) is 14.3. The Morgan fingerprint density at radius 2 is 2.12 bits per heavy atom. The lowest BCUT2D eigenvalue weighted by Gasteiger charge is -2.33. The molecule has 0 bridgehead atoms. The van der Waals surface area contributed by atoms with E-state index in [9.17, 15) is 4.79 Å². The molecule has 2 heterocycles. The topological polar surface area (TPSA) is 81.9 Å². The fraction of sp³-hybridized carbons (Fsp3) is 0.444. The average molecular weight is 356 g/mol. The minimum atomic E-state index is 0.126. The van der Waals surface area contributed by atoms with Gasteiger partial charge in [-0.3, -0.25) is 4.79 Å². The lowest BCUT2D eigenvalue weighted by molar-refractivity contribution is -0.133. The molecule has 0 radical (unpaired) electrons. The summed E-state index contributed by atoms with van der Waals surface area (Å²) in [6.45, 7) is 1.51. The van der Waals surface area contributed by atoms with Gasteiger partial charge in [0, 0.05) is 35.8 Å². The highest BCUT2D eigenvalue weighted by atomic mass is 35.5. The number of benzene rings is 1. The number of nitrogens with zero attached hydrogens (tertiary/aromatic N) is 4. The van der Waals surface area contributed by atoms with E-state index in [4.69, 9.17) is 16.9 Å². The quantitative estimate of drug-likeness (QED) is 0.915. The van der Waals surface area contributed by atoms with E-state index in [0.717, 1.165) is 43.0 Å². The van der Waals surface area contributed by atoms with Gasteiger partial charge in [-0.15, -0.1) is 10.2 Å². The molecule has 1 aliphatic heterocycles. The molecule has 0 spiro atoms. The van der Waals surface area contributed by atoms with Crippen molar-refractivity contribution in [2.75, 3.05) is 18.4 Å². The summed E-state index contributed by atoms with van der Waals surface area (Å²) < 4.78 is 0. The van der Waals surface area contributed by atoms with Crippen molar-refractivity contribution in [3.05, 3.63) is 28.9 Å². The van der Waals surface area contributed by atoms with Gasteiger partial charge in [0.05, 0.1) is 11.6 Å². The van der Waals surface area contributed by atoms with Crippen LogP contribution in [0.4, 0.5) is 5.82 Å². The third-order valence-corrected chi connectivity index (χ3v) is 5.14. The van der Waals surface area contributed by atoms with Crippen molar-refractivity contribution in [3.8, 4) is 6.07 Å². The number of hydrogen-bond donors (Lipinski definition) is 1. The van der Waals surface area contributed by atoms with E-state index in [1.807, 2.05) is 4.90 Å². The maximum atomic E-state index is 12.3. The second kappa shape index (κ2) is 6.49. The molecule has 1 saturated heterocycles. The van der Waals surface area contributed by atoms with Crippen LogP contribution in [0.3, 0.4) is 0 Å². The van der Waals surface area contributed by atoms with Crippen LogP contribution in [-0.2, 0) is 4.79 Å². The second-order valence-corrected chi connectivity index (χ2v) is 7.11. The number of anilines is 1. The predicted molar refractivity (Wildman–Crippen MR) is 95.2 cm³/mol. The van der Waals surface area contributed by atoms with Crippen LogP contribution in [0.15, 0.2) is 18.2 Å². The molecule has 6 nitrogen and oxygen atoms in total. The number of likely N-dealkylation sites (tertiary alicyclic amines) is 1. The number of hydrogen-bond acceptors (Lipinski definition) is 5. The average Bonchev–Trinajstić information content (AvgIpc) is 3.48. The smallest absolute Gasteiger partial charge is 0.225 e. The Kier molecular flexibility index (Phi) is 4.18. The molecule has 1 aromatic carbocycles. The van der Waals surface area contributed by atoms with Gasteiger partial charge in [0.15, 0.2) is 11.0 Å². The van der Waals surface area contributed by atoms with Gasteiger partial charge in [-0.05, 0) is 43.9 Å². The molecule has 128 valence electrons. The van der Waals surface area contributed by atoms with Crippen LogP contribution >= 0.6 is 11.6 Å². The Morgan fingerprint density at radius 3 is 2.88 bits per heavy atom. The summed E-state index contributed by atoms with van der Waals surface area (Å²) in [7, 11) is 0. The molecule has 1 aliphatic carbocycles. The van der Waals surface area contributed by atoms with Crippen LogP contribution < -0.4 is 5.32 Å². The molecule has 7 heteroatoms. The van der Waals surface area contributed by atoms with Gasteiger partial charge in [0.2, 0.25) is 5.91 Å². The Morgan fingerprint density at radius 1 is 1.28 bits per heavy atom. The molecular weight excluding hydrogens is 338 g/mol. The van der Waals surface area contributed by atoms with Gasteiger partial charge in [0.1, 0.15) is 0 Å². The number of carbonyl (C=O) groups is 1. The SMILES string of the molecule is N#Cc1ccc2c(Cl)nnc(N[C@@H]3CCCN(C(=O)C4CC4)C3)c2c1. The molecular formula is C18H18ClN5O. The molecule has 2 aromatic rings. The highest BCUT2D eigenvalue weighted by Crippen LogP contribution is 2.32. The lowest BCUT2D eigenvalue weighted by Crippen LogP contribution is -2.45. The van der Waals surface area contributed by atoms with E-state index in [0.29, 0.717) is 23.1 Å². The van der Waals surface area contributed by atoms with Crippen molar-refractivity contribution in [2.45, 2.75) is 31.7 Å². The number of halogens is 1. The lowest BCUT2D eigenvalue weighted by atomic mass is 10.0. The molecule has 2 fully saturated rings. The van der Waals surface area contributed by atoms with Gasteiger partial charge in [-0.2, -0.15) is 5.26 Å². The number of nitrogens with one attached hydrogen (secondary N) is 1. The predicted octanol–water partition coefficient (Wildman–Crippen LogP) is 2.97. The first-order valence-electron chi connectivity index (χ1n) is 8.57. The summed E-state index contributed by atoms with van der Waals surface area (Å²) in [5, 5.41) is 22.6. The first-order chi connectivity index (χ1) is 12.2. The van der Waals surface area contributed by atoms with Crippen LogP contribution in [0.2, 0.25) is 5.15 Å². The number of piperidine rings is 1. The summed E-state index contributed by atoms with van der Waals surface area (Å²) >= 11 is 6.14.